The highest BCUT2D eigenvalue weighted by Crippen LogP contribution is 2.15. The van der Waals surface area contributed by atoms with Gasteiger partial charge in [0.05, 0.1) is 12.1 Å². The van der Waals surface area contributed by atoms with Crippen molar-refractivity contribution in [2.75, 3.05) is 11.5 Å². The van der Waals surface area contributed by atoms with Gasteiger partial charge in [0.25, 0.3) is 5.91 Å². The van der Waals surface area contributed by atoms with Crippen molar-refractivity contribution >= 4 is 17.3 Å². The first-order valence-corrected chi connectivity index (χ1v) is 5.08. The Morgan fingerprint density at radius 3 is 2.88 bits per heavy atom. The van der Waals surface area contributed by atoms with Crippen LogP contribution >= 0.6 is 0 Å². The van der Waals surface area contributed by atoms with Crippen LogP contribution in [0.25, 0.3) is 0 Å². The molecule has 2 aromatic rings. The van der Waals surface area contributed by atoms with Gasteiger partial charge in [-0.2, -0.15) is 0 Å². The first-order chi connectivity index (χ1) is 8.16. The number of carbonyl (C=O) groups is 1. The number of H-pyrrole nitrogens is 1. The lowest BCUT2D eigenvalue weighted by molar-refractivity contribution is 0.0951. The number of aromatic amines is 1. The molecule has 1 aromatic carbocycles. The Labute approximate surface area is 98.0 Å². The largest absolute Gasteiger partial charge is 0.399 e. The molecule has 0 aliphatic rings. The molecule has 2 rings (SSSR count). The predicted molar refractivity (Wildman–Crippen MR) is 65.0 cm³/mol. The van der Waals surface area contributed by atoms with E-state index >= 15 is 0 Å². The van der Waals surface area contributed by atoms with Crippen molar-refractivity contribution in [1.82, 2.24) is 15.3 Å². The Bertz CT molecular complexity index is 521. The molecule has 6 N–H and O–H groups in total. The minimum Gasteiger partial charge on any atom is -0.399 e. The van der Waals surface area contributed by atoms with E-state index in [-0.39, 0.29) is 5.91 Å². The number of rotatable bonds is 3. The number of anilines is 2. The van der Waals surface area contributed by atoms with Crippen molar-refractivity contribution in [2.45, 2.75) is 6.54 Å². The summed E-state index contributed by atoms with van der Waals surface area (Å²) in [7, 11) is 0. The molecule has 88 valence electrons. The number of aromatic nitrogens is 2. The van der Waals surface area contributed by atoms with Gasteiger partial charge in [-0.25, -0.2) is 4.98 Å². The first kappa shape index (κ1) is 11.0. The Morgan fingerprint density at radius 2 is 2.24 bits per heavy atom. The van der Waals surface area contributed by atoms with Crippen LogP contribution in [0.1, 0.15) is 16.2 Å². The molecule has 0 spiro atoms. The van der Waals surface area contributed by atoms with Crippen LogP contribution in [0.5, 0.6) is 0 Å². The molecule has 1 aromatic heterocycles. The quantitative estimate of drug-likeness (QED) is 0.576. The summed E-state index contributed by atoms with van der Waals surface area (Å²) < 4.78 is 0. The molecule has 0 fully saturated rings. The van der Waals surface area contributed by atoms with E-state index in [0.717, 1.165) is 0 Å². The van der Waals surface area contributed by atoms with Gasteiger partial charge in [0.2, 0.25) is 0 Å². The number of benzene rings is 1. The second-order valence-electron chi connectivity index (χ2n) is 3.57. The summed E-state index contributed by atoms with van der Waals surface area (Å²) in [6.45, 7) is 0.329. The minimum absolute atomic E-state index is 0.251. The number of nitrogens with one attached hydrogen (secondary N) is 2. The van der Waals surface area contributed by atoms with Crippen LogP contribution < -0.4 is 16.8 Å². The highest BCUT2D eigenvalue weighted by molar-refractivity contribution is 5.99. The zero-order valence-electron chi connectivity index (χ0n) is 9.10. The molecular formula is C11H13N5O. The molecule has 0 atom stereocenters. The second kappa shape index (κ2) is 4.56. The van der Waals surface area contributed by atoms with Crippen LogP contribution in [0.4, 0.5) is 11.4 Å². The molecule has 6 nitrogen and oxygen atoms in total. The van der Waals surface area contributed by atoms with Crippen LogP contribution in [0.3, 0.4) is 0 Å². The van der Waals surface area contributed by atoms with Gasteiger partial charge >= 0.3 is 0 Å². The van der Waals surface area contributed by atoms with Gasteiger partial charge < -0.3 is 21.8 Å². The maximum atomic E-state index is 11.8. The summed E-state index contributed by atoms with van der Waals surface area (Å²) in [6.07, 6.45) is 3.32. The molecular weight excluding hydrogens is 218 g/mol. The van der Waals surface area contributed by atoms with Gasteiger partial charge in [-0.1, -0.05) is 0 Å². The maximum Gasteiger partial charge on any atom is 0.253 e. The van der Waals surface area contributed by atoms with Crippen LogP contribution in [-0.2, 0) is 6.54 Å². The first-order valence-electron chi connectivity index (χ1n) is 5.08. The lowest BCUT2D eigenvalue weighted by Crippen LogP contribution is -2.24. The van der Waals surface area contributed by atoms with Gasteiger partial charge in [-0.05, 0) is 18.2 Å². The van der Waals surface area contributed by atoms with Gasteiger partial charge in [0.1, 0.15) is 5.82 Å². The number of hydrogen-bond acceptors (Lipinski definition) is 4. The zero-order valence-corrected chi connectivity index (χ0v) is 9.10. The predicted octanol–water partition coefficient (Wildman–Crippen LogP) is 0.504. The smallest absolute Gasteiger partial charge is 0.253 e. The van der Waals surface area contributed by atoms with Gasteiger partial charge in [0, 0.05) is 23.8 Å². The summed E-state index contributed by atoms with van der Waals surface area (Å²) >= 11 is 0. The molecule has 0 unspecified atom stereocenters. The third-order valence-corrected chi connectivity index (χ3v) is 2.29. The van der Waals surface area contributed by atoms with E-state index in [1.165, 1.54) is 0 Å². The molecule has 6 heteroatoms. The van der Waals surface area contributed by atoms with E-state index in [0.29, 0.717) is 29.3 Å². The SMILES string of the molecule is Nc1ccc(C(=O)NCc2ncc[nH]2)c(N)c1. The van der Waals surface area contributed by atoms with E-state index in [2.05, 4.69) is 15.3 Å². The Hall–Kier alpha value is -2.50. The van der Waals surface area contributed by atoms with E-state index in [1.807, 2.05) is 0 Å². The average Bonchev–Trinajstić information content (AvgIpc) is 2.78. The molecule has 0 aliphatic carbocycles. The van der Waals surface area contributed by atoms with Crippen molar-refractivity contribution in [3.63, 3.8) is 0 Å². The van der Waals surface area contributed by atoms with Crippen molar-refractivity contribution in [2.24, 2.45) is 0 Å². The van der Waals surface area contributed by atoms with Crippen molar-refractivity contribution in [3.8, 4) is 0 Å². The number of amides is 1. The highest BCUT2D eigenvalue weighted by Gasteiger charge is 2.09. The van der Waals surface area contributed by atoms with Crippen LogP contribution in [-0.4, -0.2) is 15.9 Å². The fourth-order valence-electron chi connectivity index (χ4n) is 1.44. The fraction of sp³-hybridized carbons (Fsp3) is 0.0909. The van der Waals surface area contributed by atoms with Gasteiger partial charge in [-0.3, -0.25) is 4.79 Å². The van der Waals surface area contributed by atoms with Crippen molar-refractivity contribution in [3.05, 3.63) is 42.0 Å². The number of imidazole rings is 1. The molecule has 0 saturated carbocycles. The minimum atomic E-state index is -0.251. The molecule has 1 amide bonds. The lowest BCUT2D eigenvalue weighted by atomic mass is 10.1. The zero-order chi connectivity index (χ0) is 12.3. The number of nitrogens with zero attached hydrogens (tertiary/aromatic N) is 1. The lowest BCUT2D eigenvalue weighted by Gasteiger charge is -2.06. The highest BCUT2D eigenvalue weighted by atomic mass is 16.1. The third kappa shape index (κ3) is 2.54. The summed E-state index contributed by atoms with van der Waals surface area (Å²) in [6, 6.07) is 4.79. The average molecular weight is 231 g/mol. The Balaban J connectivity index is 2.04. The molecule has 1 heterocycles. The van der Waals surface area contributed by atoms with E-state index in [4.69, 9.17) is 11.5 Å². The topological polar surface area (TPSA) is 110 Å². The van der Waals surface area contributed by atoms with E-state index < -0.39 is 0 Å². The standard InChI is InChI=1S/C11H13N5O/c12-7-1-2-8(9(13)5-7)11(17)16-6-10-14-3-4-15-10/h1-5H,6,12-13H2,(H,14,15)(H,16,17). The number of carbonyl (C=O) groups excluding carboxylic acids is 1. The monoisotopic (exact) mass is 231 g/mol. The number of nitrogen functional groups attached to an aromatic ring is 2. The molecule has 0 radical (unpaired) electrons. The number of hydrogen-bond donors (Lipinski definition) is 4. The van der Waals surface area contributed by atoms with Gasteiger partial charge in [0.15, 0.2) is 0 Å². The van der Waals surface area contributed by atoms with Crippen molar-refractivity contribution in [1.29, 1.82) is 0 Å². The normalized spacial score (nSPS) is 10.1. The summed E-state index contributed by atoms with van der Waals surface area (Å²) in [5, 5.41) is 2.71. The molecule has 17 heavy (non-hydrogen) atoms. The second-order valence-corrected chi connectivity index (χ2v) is 3.57. The summed E-state index contributed by atoms with van der Waals surface area (Å²) in [5.74, 6) is 0.436. The Morgan fingerprint density at radius 1 is 1.41 bits per heavy atom. The third-order valence-electron chi connectivity index (χ3n) is 2.29. The summed E-state index contributed by atoms with van der Waals surface area (Å²) in [5.41, 5.74) is 12.6. The maximum absolute atomic E-state index is 11.8. The van der Waals surface area contributed by atoms with Crippen LogP contribution in [0, 0.1) is 0 Å². The van der Waals surface area contributed by atoms with Crippen molar-refractivity contribution < 1.29 is 4.79 Å². The molecule has 0 saturated heterocycles. The van der Waals surface area contributed by atoms with E-state index in [1.54, 1.807) is 30.6 Å². The van der Waals surface area contributed by atoms with Crippen LogP contribution in [0.15, 0.2) is 30.6 Å². The summed E-state index contributed by atoms with van der Waals surface area (Å²) in [4.78, 5) is 18.7. The molecule has 0 bridgehead atoms. The number of nitrogens with two attached hydrogens (primary N) is 2. The van der Waals surface area contributed by atoms with Crippen LogP contribution in [0.2, 0.25) is 0 Å². The molecule has 0 aliphatic heterocycles. The fourth-order valence-corrected chi connectivity index (χ4v) is 1.44. The van der Waals surface area contributed by atoms with E-state index in [9.17, 15) is 4.79 Å². The van der Waals surface area contributed by atoms with Gasteiger partial charge in [-0.15, -0.1) is 0 Å². The Kier molecular flexibility index (Phi) is 2.95.